The summed E-state index contributed by atoms with van der Waals surface area (Å²) in [4.78, 5) is 24.9. The fraction of sp³-hybridized carbons (Fsp3) is 0.467. The molecule has 0 heterocycles. The van der Waals surface area contributed by atoms with Gasteiger partial charge in [0.25, 0.3) is 5.91 Å². The van der Waals surface area contributed by atoms with Crippen LogP contribution in [0.15, 0.2) is 18.2 Å². The molecule has 5 nitrogen and oxygen atoms in total. The van der Waals surface area contributed by atoms with Gasteiger partial charge in [0.05, 0.1) is 0 Å². The quantitative estimate of drug-likeness (QED) is 0.709. The minimum Gasteiger partial charge on any atom is -0.480 e. The number of rotatable bonds is 8. The molecule has 0 aliphatic heterocycles. The number of hydrogen-bond acceptors (Lipinski definition) is 3. The van der Waals surface area contributed by atoms with E-state index in [1.165, 1.54) is 6.92 Å². The smallest absolute Gasteiger partial charge is 0.325 e. The second-order valence-electron chi connectivity index (χ2n) is 4.90. The maximum absolute atomic E-state index is 12.1. The monoisotopic (exact) mass is 346 g/mol. The first-order valence-electron chi connectivity index (χ1n) is 6.92. The van der Waals surface area contributed by atoms with Crippen molar-refractivity contribution in [2.75, 3.05) is 29.7 Å². The average Bonchev–Trinajstić information content (AvgIpc) is 2.47. The van der Waals surface area contributed by atoms with Crippen LogP contribution < -0.4 is 10.2 Å². The highest BCUT2D eigenvalue weighted by molar-refractivity contribution is 6.18. The van der Waals surface area contributed by atoms with Crippen LogP contribution in [0.1, 0.15) is 22.8 Å². The molecule has 0 spiro atoms. The van der Waals surface area contributed by atoms with Crippen LogP contribution in [-0.4, -0.2) is 47.9 Å². The molecule has 0 radical (unpaired) electrons. The third-order valence-electron chi connectivity index (χ3n) is 3.24. The Morgan fingerprint density at radius 3 is 2.36 bits per heavy atom. The number of carbonyl (C=O) groups excluding carboxylic acids is 1. The lowest BCUT2D eigenvalue weighted by molar-refractivity contribution is -0.138. The van der Waals surface area contributed by atoms with E-state index in [4.69, 9.17) is 28.3 Å². The molecule has 1 aromatic carbocycles. The lowest BCUT2D eigenvalue weighted by Crippen LogP contribution is -2.38. The van der Waals surface area contributed by atoms with E-state index >= 15 is 0 Å². The van der Waals surface area contributed by atoms with Gasteiger partial charge in [0, 0.05) is 36.1 Å². The summed E-state index contributed by atoms with van der Waals surface area (Å²) in [6.07, 6.45) is 0. The largest absolute Gasteiger partial charge is 0.480 e. The number of nitrogens with one attached hydrogen (secondary N) is 1. The van der Waals surface area contributed by atoms with Gasteiger partial charge in [-0.3, -0.25) is 9.59 Å². The van der Waals surface area contributed by atoms with E-state index in [1.54, 1.807) is 12.1 Å². The molecular formula is C15H20Cl2N2O3. The molecule has 7 heteroatoms. The first kappa shape index (κ1) is 18.6. The van der Waals surface area contributed by atoms with Crippen molar-refractivity contribution < 1.29 is 14.7 Å². The summed E-state index contributed by atoms with van der Waals surface area (Å²) in [5.74, 6) is -0.606. The Hall–Kier alpha value is -1.46. The van der Waals surface area contributed by atoms with Crippen LogP contribution in [0.2, 0.25) is 0 Å². The van der Waals surface area contributed by atoms with Crippen molar-refractivity contribution in [2.24, 2.45) is 0 Å². The number of amides is 1. The molecule has 0 saturated heterocycles. The standard InChI is InChI=1S/C15H20Cl2N2O3/c1-10-3-4-12(14(20)18-11(2)15(21)22)9-13(10)19(7-5-16)8-6-17/h3-4,9,11H,5-8H2,1-2H3,(H,18,20)(H,21,22)/t11-/m0/s1. The van der Waals surface area contributed by atoms with Crippen molar-refractivity contribution in [2.45, 2.75) is 19.9 Å². The highest BCUT2D eigenvalue weighted by atomic mass is 35.5. The molecule has 0 fully saturated rings. The zero-order chi connectivity index (χ0) is 16.7. The number of carbonyl (C=O) groups is 2. The molecule has 1 rings (SSSR count). The number of benzene rings is 1. The van der Waals surface area contributed by atoms with Gasteiger partial charge in [0.2, 0.25) is 0 Å². The number of alkyl halides is 2. The zero-order valence-corrected chi connectivity index (χ0v) is 14.1. The Kier molecular flexibility index (Phi) is 7.48. The highest BCUT2D eigenvalue weighted by Gasteiger charge is 2.17. The van der Waals surface area contributed by atoms with Crippen LogP contribution in [0.25, 0.3) is 0 Å². The molecule has 0 aliphatic rings. The Morgan fingerprint density at radius 2 is 1.86 bits per heavy atom. The van der Waals surface area contributed by atoms with Crippen molar-refractivity contribution in [3.8, 4) is 0 Å². The van der Waals surface area contributed by atoms with Crippen LogP contribution in [0.4, 0.5) is 5.69 Å². The van der Waals surface area contributed by atoms with Crippen LogP contribution in [-0.2, 0) is 4.79 Å². The molecule has 1 amide bonds. The van der Waals surface area contributed by atoms with Gasteiger partial charge in [-0.05, 0) is 31.5 Å². The molecule has 2 N–H and O–H groups in total. The number of aliphatic carboxylic acids is 1. The number of halogens is 2. The molecule has 0 aromatic heterocycles. The van der Waals surface area contributed by atoms with E-state index in [1.807, 2.05) is 17.9 Å². The average molecular weight is 347 g/mol. The third kappa shape index (κ3) is 5.07. The summed E-state index contributed by atoms with van der Waals surface area (Å²) < 4.78 is 0. The SMILES string of the molecule is Cc1ccc(C(=O)N[C@@H](C)C(=O)O)cc1N(CCCl)CCCl. The van der Waals surface area contributed by atoms with Gasteiger partial charge >= 0.3 is 5.97 Å². The van der Waals surface area contributed by atoms with Gasteiger partial charge < -0.3 is 15.3 Å². The predicted molar refractivity (Wildman–Crippen MR) is 89.4 cm³/mol. The van der Waals surface area contributed by atoms with E-state index < -0.39 is 17.9 Å². The van der Waals surface area contributed by atoms with Crippen molar-refractivity contribution in [1.29, 1.82) is 0 Å². The van der Waals surface area contributed by atoms with Crippen molar-refractivity contribution >= 4 is 40.8 Å². The summed E-state index contributed by atoms with van der Waals surface area (Å²) in [5.41, 5.74) is 2.28. The van der Waals surface area contributed by atoms with Crippen LogP contribution in [0.3, 0.4) is 0 Å². The van der Waals surface area contributed by atoms with Crippen LogP contribution in [0.5, 0.6) is 0 Å². The number of nitrogens with zero attached hydrogens (tertiary/aromatic N) is 1. The maximum atomic E-state index is 12.1. The predicted octanol–water partition coefficient (Wildman–Crippen LogP) is 2.48. The molecular weight excluding hydrogens is 327 g/mol. The summed E-state index contributed by atoms with van der Waals surface area (Å²) in [6.45, 7) is 4.59. The van der Waals surface area contributed by atoms with E-state index in [2.05, 4.69) is 5.32 Å². The number of aryl methyl sites for hydroxylation is 1. The second-order valence-corrected chi connectivity index (χ2v) is 5.66. The topological polar surface area (TPSA) is 69.6 Å². The summed E-state index contributed by atoms with van der Waals surface area (Å²) in [5, 5.41) is 11.3. The number of hydrogen-bond donors (Lipinski definition) is 2. The molecule has 0 bridgehead atoms. The second kappa shape index (κ2) is 8.86. The normalized spacial score (nSPS) is 11.8. The molecule has 0 aliphatic carbocycles. The van der Waals surface area contributed by atoms with E-state index in [-0.39, 0.29) is 0 Å². The summed E-state index contributed by atoms with van der Waals surface area (Å²) >= 11 is 11.6. The number of carboxylic acids is 1. The Morgan fingerprint density at radius 1 is 1.27 bits per heavy atom. The molecule has 0 saturated carbocycles. The number of carboxylic acid groups (broad SMARTS) is 1. The van der Waals surface area contributed by atoms with Gasteiger partial charge in [0.15, 0.2) is 0 Å². The van der Waals surface area contributed by atoms with E-state index in [9.17, 15) is 9.59 Å². The Bertz CT molecular complexity index is 532. The maximum Gasteiger partial charge on any atom is 0.325 e. The van der Waals surface area contributed by atoms with Crippen molar-refractivity contribution in [1.82, 2.24) is 5.32 Å². The van der Waals surface area contributed by atoms with Crippen molar-refractivity contribution in [3.05, 3.63) is 29.3 Å². The lowest BCUT2D eigenvalue weighted by Gasteiger charge is -2.25. The zero-order valence-electron chi connectivity index (χ0n) is 12.6. The van der Waals surface area contributed by atoms with Gasteiger partial charge in [0.1, 0.15) is 6.04 Å². The first-order chi connectivity index (χ1) is 10.4. The summed E-state index contributed by atoms with van der Waals surface area (Å²) in [6, 6.07) is 4.28. The Balaban J connectivity index is 3.01. The van der Waals surface area contributed by atoms with E-state index in [0.29, 0.717) is 30.4 Å². The molecule has 122 valence electrons. The van der Waals surface area contributed by atoms with Crippen LogP contribution >= 0.6 is 23.2 Å². The van der Waals surface area contributed by atoms with E-state index in [0.717, 1.165) is 11.3 Å². The lowest BCUT2D eigenvalue weighted by atomic mass is 10.1. The van der Waals surface area contributed by atoms with Gasteiger partial charge in [-0.15, -0.1) is 23.2 Å². The van der Waals surface area contributed by atoms with Gasteiger partial charge in [-0.25, -0.2) is 0 Å². The number of anilines is 1. The minimum absolute atomic E-state index is 0.405. The highest BCUT2D eigenvalue weighted by Crippen LogP contribution is 2.22. The minimum atomic E-state index is -1.08. The molecule has 1 aromatic rings. The van der Waals surface area contributed by atoms with Gasteiger partial charge in [-0.2, -0.15) is 0 Å². The molecule has 0 unspecified atom stereocenters. The molecule has 1 atom stereocenters. The third-order valence-corrected chi connectivity index (χ3v) is 3.58. The molecule has 22 heavy (non-hydrogen) atoms. The fourth-order valence-corrected chi connectivity index (χ4v) is 2.40. The van der Waals surface area contributed by atoms with Crippen molar-refractivity contribution in [3.63, 3.8) is 0 Å². The van der Waals surface area contributed by atoms with Crippen LogP contribution in [0, 0.1) is 6.92 Å². The fourth-order valence-electron chi connectivity index (χ4n) is 1.99. The first-order valence-corrected chi connectivity index (χ1v) is 7.98. The summed E-state index contributed by atoms with van der Waals surface area (Å²) in [7, 11) is 0. The van der Waals surface area contributed by atoms with Gasteiger partial charge in [-0.1, -0.05) is 6.07 Å². The Labute approximate surface area is 140 Å².